The standard InChI is InChI=1S/C31H27N7O2/c1-17-13-19(3)38(30(17)39)22-7-5-20(6-8-22)27-25-24-10-9-23(40-31-32-12-11-18(2)36-31)14-21(24)15-33-28-26(25)29(37(27)4)35-16-34-28/h5-12,14,16,19H,1,13,15H2,2-4H3,(H,33,34,35). The summed E-state index contributed by atoms with van der Waals surface area (Å²) < 4.78 is 8.11. The molecule has 0 bridgehead atoms. The van der Waals surface area contributed by atoms with Crippen LogP contribution in [0.5, 0.6) is 11.8 Å². The van der Waals surface area contributed by atoms with Gasteiger partial charge < -0.3 is 19.5 Å². The van der Waals surface area contributed by atoms with E-state index < -0.39 is 0 Å². The zero-order chi connectivity index (χ0) is 27.5. The van der Waals surface area contributed by atoms with E-state index in [0.717, 1.165) is 56.2 Å². The molecule has 3 aromatic heterocycles. The molecule has 0 radical (unpaired) electrons. The van der Waals surface area contributed by atoms with E-state index in [0.29, 0.717) is 30.3 Å². The van der Waals surface area contributed by atoms with Gasteiger partial charge >= 0.3 is 6.01 Å². The van der Waals surface area contributed by atoms with Gasteiger partial charge in [-0.2, -0.15) is 0 Å². The van der Waals surface area contributed by atoms with E-state index in [1.165, 1.54) is 0 Å². The van der Waals surface area contributed by atoms with Crippen molar-refractivity contribution in [1.29, 1.82) is 0 Å². The van der Waals surface area contributed by atoms with Crippen LogP contribution in [0.2, 0.25) is 0 Å². The molecule has 1 atom stereocenters. The Bertz CT molecular complexity index is 1840. The van der Waals surface area contributed by atoms with Crippen molar-refractivity contribution in [3.05, 3.63) is 84.5 Å². The molecule has 1 fully saturated rings. The third kappa shape index (κ3) is 3.73. The zero-order valence-electron chi connectivity index (χ0n) is 22.5. The number of fused-ring (bicyclic) bond motifs is 2. The number of benzene rings is 2. The molecule has 1 amide bonds. The summed E-state index contributed by atoms with van der Waals surface area (Å²) in [7, 11) is 2.02. The number of nitrogens with zero attached hydrogens (tertiary/aromatic N) is 6. The Labute approximate surface area is 231 Å². The van der Waals surface area contributed by atoms with Crippen molar-refractivity contribution in [2.75, 3.05) is 10.2 Å². The summed E-state index contributed by atoms with van der Waals surface area (Å²) in [6.45, 7) is 8.46. The molecular formula is C31H27N7O2. The molecule has 7 rings (SSSR count). The normalized spacial score (nSPS) is 16.2. The van der Waals surface area contributed by atoms with Gasteiger partial charge in [-0.1, -0.05) is 24.8 Å². The van der Waals surface area contributed by atoms with Crippen molar-refractivity contribution in [2.45, 2.75) is 32.9 Å². The van der Waals surface area contributed by atoms with Gasteiger partial charge in [-0.15, -0.1) is 0 Å². The van der Waals surface area contributed by atoms with Crippen molar-refractivity contribution in [3.63, 3.8) is 0 Å². The van der Waals surface area contributed by atoms with Crippen LogP contribution in [-0.2, 0) is 18.4 Å². The highest BCUT2D eigenvalue weighted by molar-refractivity contribution is 6.10. The highest BCUT2D eigenvalue weighted by atomic mass is 16.5. The second-order valence-electron chi connectivity index (χ2n) is 10.3. The average molecular weight is 530 g/mol. The number of rotatable bonds is 4. The van der Waals surface area contributed by atoms with Gasteiger partial charge in [0.25, 0.3) is 5.91 Å². The van der Waals surface area contributed by atoms with Crippen LogP contribution in [-0.4, -0.2) is 36.5 Å². The third-order valence-corrected chi connectivity index (χ3v) is 7.66. The first-order valence-corrected chi connectivity index (χ1v) is 13.2. The number of hydrogen-bond donors (Lipinski definition) is 1. The van der Waals surface area contributed by atoms with Crippen LogP contribution >= 0.6 is 0 Å². The molecule has 0 aliphatic carbocycles. The number of aromatic nitrogens is 5. The van der Waals surface area contributed by atoms with Crippen LogP contribution in [0.3, 0.4) is 0 Å². The predicted octanol–water partition coefficient (Wildman–Crippen LogP) is 5.80. The number of hydrogen-bond acceptors (Lipinski definition) is 7. The lowest BCUT2D eigenvalue weighted by atomic mass is 9.95. The maximum absolute atomic E-state index is 12.7. The van der Waals surface area contributed by atoms with Gasteiger partial charge in [0, 0.05) is 48.3 Å². The van der Waals surface area contributed by atoms with E-state index in [2.05, 4.69) is 61.5 Å². The number of aryl methyl sites for hydroxylation is 2. The van der Waals surface area contributed by atoms with Gasteiger partial charge in [-0.25, -0.2) is 19.9 Å². The Morgan fingerprint density at radius 3 is 2.65 bits per heavy atom. The lowest BCUT2D eigenvalue weighted by Gasteiger charge is -2.21. The van der Waals surface area contributed by atoms with Crippen LogP contribution in [0.15, 0.2) is 73.2 Å². The van der Waals surface area contributed by atoms with Crippen molar-refractivity contribution >= 4 is 28.4 Å². The smallest absolute Gasteiger partial charge is 0.322 e. The first kappa shape index (κ1) is 24.0. The number of nitrogens with one attached hydrogen (secondary N) is 1. The fourth-order valence-corrected chi connectivity index (χ4v) is 5.83. The predicted molar refractivity (Wildman–Crippen MR) is 154 cm³/mol. The Hall–Kier alpha value is -5.05. The van der Waals surface area contributed by atoms with Crippen molar-refractivity contribution < 1.29 is 9.53 Å². The molecule has 9 nitrogen and oxygen atoms in total. The number of ether oxygens (including phenoxy) is 1. The first-order valence-electron chi connectivity index (χ1n) is 13.2. The molecule has 9 heteroatoms. The molecular weight excluding hydrogens is 502 g/mol. The topological polar surface area (TPSA) is 98.1 Å². The minimum atomic E-state index is -0.00885. The minimum Gasteiger partial charge on any atom is -0.424 e. The Morgan fingerprint density at radius 1 is 1.07 bits per heavy atom. The SMILES string of the molecule is C=C1CC(C)N(c2ccc(-c3c4c5c(ncnc5n3C)NCc3cc(Oc5nccc(C)n5)ccc3-4)cc2)C1=O. The summed E-state index contributed by atoms with van der Waals surface area (Å²) in [6, 6.07) is 16.4. The molecule has 40 heavy (non-hydrogen) atoms. The number of carbonyl (C=O) groups is 1. The Kier molecular flexibility index (Phi) is 5.41. The van der Waals surface area contributed by atoms with E-state index in [1.54, 1.807) is 12.5 Å². The van der Waals surface area contributed by atoms with Crippen molar-refractivity contribution in [2.24, 2.45) is 7.05 Å². The highest BCUT2D eigenvalue weighted by Crippen LogP contribution is 2.46. The quantitative estimate of drug-likeness (QED) is 0.294. The zero-order valence-corrected chi connectivity index (χ0v) is 22.5. The molecule has 2 aromatic carbocycles. The van der Waals surface area contributed by atoms with Gasteiger partial charge in [0.1, 0.15) is 23.5 Å². The molecule has 1 saturated heterocycles. The van der Waals surface area contributed by atoms with Gasteiger partial charge in [0.2, 0.25) is 0 Å². The summed E-state index contributed by atoms with van der Waals surface area (Å²) in [4.78, 5) is 32.4. The molecule has 1 N–H and O–H groups in total. The number of carbonyl (C=O) groups excluding carboxylic acids is 1. The molecule has 0 saturated carbocycles. The molecule has 198 valence electrons. The highest BCUT2D eigenvalue weighted by Gasteiger charge is 2.32. The van der Waals surface area contributed by atoms with Crippen LogP contribution in [0.4, 0.5) is 11.5 Å². The van der Waals surface area contributed by atoms with Gasteiger partial charge in [0.05, 0.1) is 11.1 Å². The lowest BCUT2D eigenvalue weighted by molar-refractivity contribution is -0.114. The second-order valence-corrected chi connectivity index (χ2v) is 10.3. The maximum atomic E-state index is 12.7. The summed E-state index contributed by atoms with van der Waals surface area (Å²) >= 11 is 0. The molecule has 0 spiro atoms. The number of anilines is 2. The summed E-state index contributed by atoms with van der Waals surface area (Å²) in [5.41, 5.74) is 8.42. The van der Waals surface area contributed by atoms with E-state index in [9.17, 15) is 4.79 Å². The molecule has 2 aliphatic heterocycles. The van der Waals surface area contributed by atoms with Gasteiger partial charge in [-0.05, 0) is 67.3 Å². The Morgan fingerprint density at radius 2 is 1.90 bits per heavy atom. The van der Waals surface area contributed by atoms with Crippen LogP contribution in [0.1, 0.15) is 24.6 Å². The van der Waals surface area contributed by atoms with Gasteiger partial charge in [0.15, 0.2) is 0 Å². The molecule has 5 aromatic rings. The van der Waals surface area contributed by atoms with Crippen molar-refractivity contribution in [1.82, 2.24) is 24.5 Å². The summed E-state index contributed by atoms with van der Waals surface area (Å²) in [5.74, 6) is 1.44. The first-order chi connectivity index (χ1) is 19.4. The third-order valence-electron chi connectivity index (χ3n) is 7.66. The average Bonchev–Trinajstić information content (AvgIpc) is 3.31. The molecule has 2 aliphatic rings. The Balaban J connectivity index is 1.35. The summed E-state index contributed by atoms with van der Waals surface area (Å²) in [5, 5.41) is 4.46. The van der Waals surface area contributed by atoms with Gasteiger partial charge in [-0.3, -0.25) is 4.79 Å². The fraction of sp³-hybridized carbons (Fsp3) is 0.194. The van der Waals surface area contributed by atoms with Crippen LogP contribution in [0, 0.1) is 6.92 Å². The van der Waals surface area contributed by atoms with E-state index >= 15 is 0 Å². The van der Waals surface area contributed by atoms with E-state index in [4.69, 9.17) is 4.74 Å². The number of amides is 1. The fourth-order valence-electron chi connectivity index (χ4n) is 5.83. The van der Waals surface area contributed by atoms with E-state index in [-0.39, 0.29) is 11.9 Å². The van der Waals surface area contributed by atoms with E-state index in [1.807, 2.05) is 49.2 Å². The minimum absolute atomic E-state index is 0.00885. The molecule has 5 heterocycles. The largest absolute Gasteiger partial charge is 0.424 e. The van der Waals surface area contributed by atoms with Crippen LogP contribution < -0.4 is 15.0 Å². The van der Waals surface area contributed by atoms with Crippen molar-refractivity contribution in [3.8, 4) is 34.1 Å². The monoisotopic (exact) mass is 529 g/mol. The second kappa shape index (κ2) is 9.01. The van der Waals surface area contributed by atoms with Crippen LogP contribution in [0.25, 0.3) is 33.4 Å². The maximum Gasteiger partial charge on any atom is 0.322 e. The molecule has 1 unspecified atom stereocenters. The lowest BCUT2D eigenvalue weighted by Crippen LogP contribution is -2.30. The summed E-state index contributed by atoms with van der Waals surface area (Å²) in [6.07, 6.45) is 3.96.